The molecule has 1 N–H and O–H groups in total. The smallest absolute Gasteiger partial charge is 0.262 e. The number of hydrogen-bond donors (Lipinski definition) is 1. The summed E-state index contributed by atoms with van der Waals surface area (Å²) >= 11 is 1.59. The third-order valence-electron chi connectivity index (χ3n) is 5.97. The van der Waals surface area contributed by atoms with Crippen molar-refractivity contribution in [3.63, 3.8) is 0 Å². The molecule has 3 aromatic carbocycles. The van der Waals surface area contributed by atoms with Gasteiger partial charge in [0.2, 0.25) is 0 Å². The summed E-state index contributed by atoms with van der Waals surface area (Å²) in [5.74, 6) is 0.239. The number of amides is 1. The van der Waals surface area contributed by atoms with Crippen molar-refractivity contribution < 1.29 is 13.9 Å². The molecular formula is C27H30FN3O2S. The number of carbonyl (C=O) groups excluding carboxylic acids is 1. The average molecular weight is 480 g/mol. The second-order valence-electron chi connectivity index (χ2n) is 8.45. The van der Waals surface area contributed by atoms with Crippen LogP contribution in [0.1, 0.15) is 5.56 Å². The van der Waals surface area contributed by atoms with Crippen molar-refractivity contribution in [3.8, 4) is 16.9 Å². The molecule has 1 saturated heterocycles. The first-order valence-corrected chi connectivity index (χ1v) is 12.6. The Morgan fingerprint density at radius 1 is 1.00 bits per heavy atom. The molecule has 7 heteroatoms. The normalized spacial score (nSPS) is 14.7. The summed E-state index contributed by atoms with van der Waals surface area (Å²) in [4.78, 5) is 18.3. The Bertz CT molecular complexity index is 1120. The highest BCUT2D eigenvalue weighted by atomic mass is 32.2. The minimum absolute atomic E-state index is 0.0751. The Morgan fingerprint density at radius 2 is 1.71 bits per heavy atom. The van der Waals surface area contributed by atoms with Crippen molar-refractivity contribution in [2.24, 2.45) is 0 Å². The van der Waals surface area contributed by atoms with E-state index in [0.29, 0.717) is 5.75 Å². The van der Waals surface area contributed by atoms with Gasteiger partial charge in [-0.3, -0.25) is 9.69 Å². The molecule has 178 valence electrons. The molecule has 0 aromatic heterocycles. The largest absolute Gasteiger partial charge is 0.483 e. The van der Waals surface area contributed by atoms with Gasteiger partial charge in [0.1, 0.15) is 11.6 Å². The lowest BCUT2D eigenvalue weighted by Crippen LogP contribution is -2.43. The number of ether oxygens (including phenoxy) is 1. The maximum absolute atomic E-state index is 13.4. The molecular weight excluding hydrogens is 449 g/mol. The van der Waals surface area contributed by atoms with Crippen LogP contribution in [0.5, 0.6) is 5.75 Å². The SMILES string of the molecule is CSc1ccccc1NC(=O)COc1ccc(-c2ccc(F)cc2)cc1CN1CCN(C)CC1. The van der Waals surface area contributed by atoms with Gasteiger partial charge in [0.15, 0.2) is 6.61 Å². The third-order valence-corrected chi connectivity index (χ3v) is 6.76. The molecule has 1 fully saturated rings. The van der Waals surface area contributed by atoms with E-state index < -0.39 is 0 Å². The van der Waals surface area contributed by atoms with Crippen LogP contribution in [0.15, 0.2) is 71.6 Å². The molecule has 1 aliphatic rings. The summed E-state index contributed by atoms with van der Waals surface area (Å²) in [5, 5.41) is 2.94. The van der Waals surface area contributed by atoms with E-state index >= 15 is 0 Å². The first-order valence-electron chi connectivity index (χ1n) is 11.4. The molecule has 34 heavy (non-hydrogen) atoms. The van der Waals surface area contributed by atoms with Gasteiger partial charge in [0, 0.05) is 43.2 Å². The first-order chi connectivity index (χ1) is 16.5. The maximum atomic E-state index is 13.4. The summed E-state index contributed by atoms with van der Waals surface area (Å²) in [7, 11) is 2.13. The second-order valence-corrected chi connectivity index (χ2v) is 9.29. The van der Waals surface area contributed by atoms with Crippen LogP contribution in [0, 0.1) is 5.82 Å². The van der Waals surface area contributed by atoms with E-state index in [9.17, 15) is 9.18 Å². The molecule has 0 spiro atoms. The van der Waals surface area contributed by atoms with Gasteiger partial charge in [-0.05, 0) is 60.8 Å². The number of para-hydroxylation sites is 1. The fraction of sp³-hybridized carbons (Fsp3) is 0.296. The molecule has 0 atom stereocenters. The Hall–Kier alpha value is -2.87. The fourth-order valence-corrected chi connectivity index (χ4v) is 4.54. The van der Waals surface area contributed by atoms with Crippen LogP contribution in [0.4, 0.5) is 10.1 Å². The number of nitrogens with zero attached hydrogens (tertiary/aromatic N) is 2. The van der Waals surface area contributed by atoms with Crippen LogP contribution in [0.2, 0.25) is 0 Å². The van der Waals surface area contributed by atoms with Gasteiger partial charge in [-0.2, -0.15) is 0 Å². The number of anilines is 1. The van der Waals surface area contributed by atoms with Crippen LogP contribution < -0.4 is 10.1 Å². The van der Waals surface area contributed by atoms with Crippen LogP contribution in [-0.4, -0.2) is 61.8 Å². The van der Waals surface area contributed by atoms with E-state index in [1.54, 1.807) is 23.9 Å². The average Bonchev–Trinajstić information content (AvgIpc) is 2.85. The predicted octanol–water partition coefficient (Wildman–Crippen LogP) is 4.98. The Labute approximate surface area is 204 Å². The highest BCUT2D eigenvalue weighted by molar-refractivity contribution is 7.98. The van der Waals surface area contributed by atoms with E-state index in [-0.39, 0.29) is 18.3 Å². The molecule has 5 nitrogen and oxygen atoms in total. The monoisotopic (exact) mass is 479 g/mol. The lowest BCUT2D eigenvalue weighted by molar-refractivity contribution is -0.118. The Kier molecular flexibility index (Phi) is 8.21. The molecule has 1 heterocycles. The Balaban J connectivity index is 1.50. The highest BCUT2D eigenvalue weighted by Crippen LogP contribution is 2.29. The van der Waals surface area contributed by atoms with Crippen molar-refractivity contribution >= 4 is 23.4 Å². The number of benzene rings is 3. The van der Waals surface area contributed by atoms with Crippen molar-refractivity contribution in [1.82, 2.24) is 9.80 Å². The van der Waals surface area contributed by atoms with Gasteiger partial charge in [0.25, 0.3) is 5.91 Å². The molecule has 0 aliphatic carbocycles. The molecule has 1 amide bonds. The third kappa shape index (κ3) is 6.38. The van der Waals surface area contributed by atoms with Crippen LogP contribution >= 0.6 is 11.8 Å². The number of piperazine rings is 1. The number of likely N-dealkylation sites (N-methyl/N-ethyl adjacent to an activating group) is 1. The zero-order chi connectivity index (χ0) is 23.9. The number of rotatable bonds is 8. The number of thioether (sulfide) groups is 1. The number of carbonyl (C=O) groups is 1. The van der Waals surface area contributed by atoms with Crippen molar-refractivity contribution in [2.45, 2.75) is 11.4 Å². The molecule has 0 unspecified atom stereocenters. The Morgan fingerprint density at radius 3 is 2.44 bits per heavy atom. The van der Waals surface area contributed by atoms with E-state index in [0.717, 1.165) is 60.0 Å². The number of halogens is 1. The van der Waals surface area contributed by atoms with E-state index in [1.807, 2.05) is 42.7 Å². The molecule has 4 rings (SSSR count). The topological polar surface area (TPSA) is 44.8 Å². The molecule has 0 radical (unpaired) electrons. The lowest BCUT2D eigenvalue weighted by Gasteiger charge is -2.32. The van der Waals surface area contributed by atoms with Crippen molar-refractivity contribution in [3.05, 3.63) is 78.1 Å². The maximum Gasteiger partial charge on any atom is 0.262 e. The first kappa shape index (κ1) is 24.3. The van der Waals surface area contributed by atoms with Gasteiger partial charge < -0.3 is 15.0 Å². The number of nitrogens with one attached hydrogen (secondary N) is 1. The van der Waals surface area contributed by atoms with Gasteiger partial charge in [-0.1, -0.05) is 30.3 Å². The van der Waals surface area contributed by atoms with Gasteiger partial charge >= 0.3 is 0 Å². The zero-order valence-corrected chi connectivity index (χ0v) is 20.4. The van der Waals surface area contributed by atoms with Crippen molar-refractivity contribution in [2.75, 3.05) is 51.4 Å². The molecule has 3 aromatic rings. The van der Waals surface area contributed by atoms with E-state index in [4.69, 9.17) is 4.74 Å². The minimum atomic E-state index is -0.254. The van der Waals surface area contributed by atoms with Crippen LogP contribution in [0.25, 0.3) is 11.1 Å². The summed E-state index contributed by atoms with van der Waals surface area (Å²) < 4.78 is 19.4. The molecule has 0 bridgehead atoms. The van der Waals surface area contributed by atoms with Crippen molar-refractivity contribution in [1.29, 1.82) is 0 Å². The lowest BCUT2D eigenvalue weighted by atomic mass is 10.0. The standard InChI is InChI=1S/C27H30FN3O2S/c1-30-13-15-31(16-14-30)18-22-17-21(20-7-10-23(28)11-8-20)9-12-25(22)33-19-27(32)29-24-5-3-4-6-26(24)34-2/h3-12,17H,13-16,18-19H2,1-2H3,(H,29,32). The molecule has 1 aliphatic heterocycles. The summed E-state index contributed by atoms with van der Waals surface area (Å²) in [6.45, 7) is 4.64. The van der Waals surface area contributed by atoms with Crippen LogP contribution in [-0.2, 0) is 11.3 Å². The predicted molar refractivity (Wildman–Crippen MR) is 137 cm³/mol. The molecule has 0 saturated carbocycles. The number of hydrogen-bond acceptors (Lipinski definition) is 5. The summed E-state index contributed by atoms with van der Waals surface area (Å²) in [5.41, 5.74) is 3.74. The van der Waals surface area contributed by atoms with Gasteiger partial charge in [-0.15, -0.1) is 11.8 Å². The highest BCUT2D eigenvalue weighted by Gasteiger charge is 2.17. The van der Waals surface area contributed by atoms with Gasteiger partial charge in [-0.25, -0.2) is 4.39 Å². The van der Waals surface area contributed by atoms with Crippen LogP contribution in [0.3, 0.4) is 0 Å². The fourth-order valence-electron chi connectivity index (χ4n) is 3.99. The van der Waals surface area contributed by atoms with E-state index in [2.05, 4.69) is 28.2 Å². The van der Waals surface area contributed by atoms with Gasteiger partial charge in [0.05, 0.1) is 5.69 Å². The minimum Gasteiger partial charge on any atom is -0.483 e. The second kappa shape index (κ2) is 11.5. The summed E-state index contributed by atoms with van der Waals surface area (Å²) in [6.07, 6.45) is 1.98. The zero-order valence-electron chi connectivity index (χ0n) is 19.6. The quantitative estimate of drug-likeness (QED) is 0.462. The summed E-state index contributed by atoms with van der Waals surface area (Å²) in [6, 6.07) is 20.2. The van der Waals surface area contributed by atoms with E-state index in [1.165, 1.54) is 12.1 Å².